The summed E-state index contributed by atoms with van der Waals surface area (Å²) in [6.07, 6.45) is -0.464. The fourth-order valence-electron chi connectivity index (χ4n) is 2.09. The number of morpholine rings is 1. The van der Waals surface area contributed by atoms with Gasteiger partial charge < -0.3 is 20.1 Å². The van der Waals surface area contributed by atoms with Crippen LogP contribution >= 0.6 is 15.9 Å². The van der Waals surface area contributed by atoms with E-state index in [1.54, 1.807) is 4.90 Å². The summed E-state index contributed by atoms with van der Waals surface area (Å²) in [6, 6.07) is 5.68. The molecule has 1 aromatic rings. The minimum atomic E-state index is -0.491. The lowest BCUT2D eigenvalue weighted by molar-refractivity contribution is -0.0433. The Morgan fingerprint density at radius 1 is 1.48 bits per heavy atom. The highest BCUT2D eigenvalue weighted by Crippen LogP contribution is 2.28. The molecule has 0 unspecified atom stereocenters. The first-order valence-electron chi connectivity index (χ1n) is 6.91. The molecule has 0 spiro atoms. The van der Waals surface area contributed by atoms with Gasteiger partial charge in [-0.15, -0.1) is 0 Å². The van der Waals surface area contributed by atoms with Gasteiger partial charge in [0.2, 0.25) is 0 Å². The van der Waals surface area contributed by atoms with E-state index in [0.29, 0.717) is 25.4 Å². The molecule has 1 aliphatic rings. The van der Waals surface area contributed by atoms with Gasteiger partial charge in [-0.3, -0.25) is 0 Å². The van der Waals surface area contributed by atoms with Crippen molar-refractivity contribution in [3.8, 4) is 0 Å². The van der Waals surface area contributed by atoms with Crippen molar-refractivity contribution in [2.45, 2.75) is 32.5 Å². The Hall–Kier alpha value is -1.27. The molecule has 6 heteroatoms. The van der Waals surface area contributed by atoms with Gasteiger partial charge in [0.1, 0.15) is 11.7 Å². The number of hydrogen-bond donors (Lipinski definition) is 1. The van der Waals surface area contributed by atoms with Crippen LogP contribution in [0.3, 0.4) is 0 Å². The van der Waals surface area contributed by atoms with E-state index in [1.807, 2.05) is 39.0 Å². The number of benzene rings is 1. The van der Waals surface area contributed by atoms with Gasteiger partial charge in [-0.2, -0.15) is 0 Å². The largest absolute Gasteiger partial charge is 0.444 e. The molecule has 116 valence electrons. The average Bonchev–Trinajstić information content (AvgIpc) is 2.40. The fraction of sp³-hybridized carbons (Fsp3) is 0.533. The predicted octanol–water partition coefficient (Wildman–Crippen LogP) is 3.34. The van der Waals surface area contributed by atoms with Crippen LogP contribution in [0.15, 0.2) is 22.7 Å². The van der Waals surface area contributed by atoms with Crippen molar-refractivity contribution in [2.75, 3.05) is 25.4 Å². The molecule has 1 amide bonds. The molecule has 21 heavy (non-hydrogen) atoms. The van der Waals surface area contributed by atoms with Gasteiger partial charge in [0.05, 0.1) is 13.2 Å². The molecule has 0 aromatic heterocycles. The van der Waals surface area contributed by atoms with E-state index >= 15 is 0 Å². The molecule has 1 aromatic carbocycles. The van der Waals surface area contributed by atoms with Gasteiger partial charge in [0.15, 0.2) is 0 Å². The van der Waals surface area contributed by atoms with Crippen molar-refractivity contribution in [3.05, 3.63) is 28.2 Å². The van der Waals surface area contributed by atoms with Gasteiger partial charge >= 0.3 is 6.09 Å². The van der Waals surface area contributed by atoms with Crippen LogP contribution in [0.1, 0.15) is 32.4 Å². The molecular formula is C15H21BrN2O3. The number of anilines is 1. The second-order valence-electron chi connectivity index (χ2n) is 6.07. The van der Waals surface area contributed by atoms with Crippen LogP contribution in [0.2, 0.25) is 0 Å². The van der Waals surface area contributed by atoms with Gasteiger partial charge in [-0.05, 0) is 54.4 Å². The van der Waals surface area contributed by atoms with Crippen LogP contribution in [-0.2, 0) is 9.47 Å². The van der Waals surface area contributed by atoms with Crippen molar-refractivity contribution in [3.63, 3.8) is 0 Å². The maximum absolute atomic E-state index is 12.1. The summed E-state index contributed by atoms with van der Waals surface area (Å²) in [5.74, 6) is 0. The Balaban J connectivity index is 2.06. The number of nitrogens with two attached hydrogens (primary N) is 1. The molecular weight excluding hydrogens is 336 g/mol. The maximum Gasteiger partial charge on any atom is 0.410 e. The lowest BCUT2D eigenvalue weighted by Gasteiger charge is -2.34. The number of rotatable bonds is 1. The molecule has 1 fully saturated rings. The molecule has 1 saturated heterocycles. The van der Waals surface area contributed by atoms with Crippen molar-refractivity contribution < 1.29 is 14.3 Å². The molecule has 2 rings (SSSR count). The zero-order chi connectivity index (χ0) is 15.6. The molecule has 0 radical (unpaired) electrons. The molecule has 1 atom stereocenters. The van der Waals surface area contributed by atoms with Crippen LogP contribution in [-0.4, -0.2) is 36.3 Å². The first kappa shape index (κ1) is 16.1. The number of nitrogen functional groups attached to an aromatic ring is 1. The summed E-state index contributed by atoms with van der Waals surface area (Å²) >= 11 is 3.41. The van der Waals surface area contributed by atoms with Crippen LogP contribution < -0.4 is 5.73 Å². The molecule has 0 aliphatic carbocycles. The quantitative estimate of drug-likeness (QED) is 0.783. The highest BCUT2D eigenvalue weighted by molar-refractivity contribution is 9.10. The third kappa shape index (κ3) is 4.35. The summed E-state index contributed by atoms with van der Waals surface area (Å²) in [7, 11) is 0. The van der Waals surface area contributed by atoms with Crippen LogP contribution in [0.25, 0.3) is 0 Å². The normalized spacial score (nSPS) is 19.4. The number of carbonyl (C=O) groups is 1. The molecule has 5 nitrogen and oxygen atoms in total. The summed E-state index contributed by atoms with van der Waals surface area (Å²) < 4.78 is 12.0. The SMILES string of the molecule is CC(C)(C)OC(=O)N1CCO[C@H](c2ccc(N)c(Br)c2)C1. The summed E-state index contributed by atoms with van der Waals surface area (Å²) in [5.41, 5.74) is 6.97. The van der Waals surface area contributed by atoms with E-state index in [2.05, 4.69) is 15.9 Å². The standard InChI is InChI=1S/C15H21BrN2O3/c1-15(2,3)21-14(19)18-6-7-20-13(9-18)10-4-5-12(17)11(16)8-10/h4-5,8,13H,6-7,9,17H2,1-3H3/t13-/m0/s1. The Morgan fingerprint density at radius 3 is 2.81 bits per heavy atom. The van der Waals surface area contributed by atoms with Crippen LogP contribution in [0.5, 0.6) is 0 Å². The Morgan fingerprint density at radius 2 is 2.19 bits per heavy atom. The minimum Gasteiger partial charge on any atom is -0.444 e. The van der Waals surface area contributed by atoms with E-state index in [9.17, 15) is 4.79 Å². The first-order chi connectivity index (χ1) is 9.76. The van der Waals surface area contributed by atoms with Crippen LogP contribution in [0, 0.1) is 0 Å². The zero-order valence-corrected chi connectivity index (χ0v) is 14.1. The lowest BCUT2D eigenvalue weighted by atomic mass is 10.1. The number of ether oxygens (including phenoxy) is 2. The van der Waals surface area contributed by atoms with E-state index in [-0.39, 0.29) is 12.2 Å². The van der Waals surface area contributed by atoms with Gasteiger partial charge in [-0.25, -0.2) is 4.79 Å². The molecule has 1 aliphatic heterocycles. The second kappa shape index (κ2) is 6.23. The zero-order valence-electron chi connectivity index (χ0n) is 12.6. The molecule has 1 heterocycles. The first-order valence-corrected chi connectivity index (χ1v) is 7.70. The maximum atomic E-state index is 12.1. The van der Waals surface area contributed by atoms with E-state index in [1.165, 1.54) is 0 Å². The Kier molecular flexibility index (Phi) is 4.78. The Bertz CT molecular complexity index is 528. The highest BCUT2D eigenvalue weighted by atomic mass is 79.9. The van der Waals surface area contributed by atoms with E-state index in [0.717, 1.165) is 10.0 Å². The summed E-state index contributed by atoms with van der Waals surface area (Å²) in [6.45, 7) is 7.10. The summed E-state index contributed by atoms with van der Waals surface area (Å²) in [5, 5.41) is 0. The van der Waals surface area contributed by atoms with Crippen molar-refractivity contribution >= 4 is 27.7 Å². The number of hydrogen-bond acceptors (Lipinski definition) is 4. The van der Waals surface area contributed by atoms with E-state index < -0.39 is 5.60 Å². The van der Waals surface area contributed by atoms with Gasteiger partial charge in [-0.1, -0.05) is 6.07 Å². The monoisotopic (exact) mass is 356 g/mol. The second-order valence-corrected chi connectivity index (χ2v) is 6.92. The molecule has 2 N–H and O–H groups in total. The number of halogens is 1. The smallest absolute Gasteiger partial charge is 0.410 e. The summed E-state index contributed by atoms with van der Waals surface area (Å²) in [4.78, 5) is 13.8. The van der Waals surface area contributed by atoms with Crippen molar-refractivity contribution in [1.82, 2.24) is 4.90 Å². The topological polar surface area (TPSA) is 64.8 Å². The number of amides is 1. The van der Waals surface area contributed by atoms with Crippen molar-refractivity contribution in [1.29, 1.82) is 0 Å². The fourth-order valence-corrected chi connectivity index (χ4v) is 2.48. The lowest BCUT2D eigenvalue weighted by Crippen LogP contribution is -2.44. The van der Waals surface area contributed by atoms with Crippen molar-refractivity contribution in [2.24, 2.45) is 0 Å². The Labute approximate surface area is 133 Å². The van der Waals surface area contributed by atoms with Crippen LogP contribution in [0.4, 0.5) is 10.5 Å². The van der Waals surface area contributed by atoms with Gasteiger partial charge in [0.25, 0.3) is 0 Å². The van der Waals surface area contributed by atoms with Gasteiger partial charge in [0, 0.05) is 16.7 Å². The minimum absolute atomic E-state index is 0.164. The number of carbonyl (C=O) groups excluding carboxylic acids is 1. The predicted molar refractivity (Wildman–Crippen MR) is 85.1 cm³/mol. The highest BCUT2D eigenvalue weighted by Gasteiger charge is 2.29. The van der Waals surface area contributed by atoms with E-state index in [4.69, 9.17) is 15.2 Å². The third-order valence-electron chi connectivity index (χ3n) is 3.11. The molecule has 0 saturated carbocycles. The number of nitrogens with zero attached hydrogens (tertiary/aromatic N) is 1. The molecule has 0 bridgehead atoms. The third-order valence-corrected chi connectivity index (χ3v) is 3.80. The average molecular weight is 357 g/mol.